The van der Waals surface area contributed by atoms with E-state index in [-0.39, 0.29) is 0 Å². The fourth-order valence-corrected chi connectivity index (χ4v) is 4.60. The van der Waals surface area contributed by atoms with Gasteiger partial charge < -0.3 is 9.80 Å². The summed E-state index contributed by atoms with van der Waals surface area (Å²) in [4.78, 5) is 19.4. The van der Waals surface area contributed by atoms with E-state index in [2.05, 4.69) is 44.9 Å². The molecule has 0 bridgehead atoms. The van der Waals surface area contributed by atoms with Gasteiger partial charge in [-0.05, 0) is 56.1 Å². The second-order valence-corrected chi connectivity index (χ2v) is 9.29. The van der Waals surface area contributed by atoms with E-state index in [9.17, 15) is 0 Å². The largest absolute Gasteiger partial charge is 0.369 e. The van der Waals surface area contributed by atoms with E-state index in [1.165, 1.54) is 6.42 Å². The van der Waals surface area contributed by atoms with Gasteiger partial charge in [0.2, 0.25) is 0 Å². The number of nitrogens with zero attached hydrogens (tertiary/aromatic N) is 6. The second kappa shape index (κ2) is 9.27. The number of fused-ring (bicyclic) bond motifs is 1. The molecule has 1 fully saturated rings. The average molecular weight is 442 g/mol. The van der Waals surface area contributed by atoms with Gasteiger partial charge in [0.15, 0.2) is 0 Å². The van der Waals surface area contributed by atoms with Crippen LogP contribution in [-0.4, -0.2) is 62.8 Å². The van der Waals surface area contributed by atoms with Crippen LogP contribution in [-0.2, 0) is 0 Å². The summed E-state index contributed by atoms with van der Waals surface area (Å²) >= 11 is 0. The van der Waals surface area contributed by atoms with Crippen LogP contribution in [0, 0.1) is 12.8 Å². The number of hydrogen-bond donors (Lipinski definition) is 1. The fourth-order valence-electron chi connectivity index (χ4n) is 4.60. The van der Waals surface area contributed by atoms with Gasteiger partial charge in [-0.3, -0.25) is 15.1 Å². The molecule has 0 spiro atoms. The number of anilines is 1. The molecule has 0 radical (unpaired) electrons. The molecule has 7 heteroatoms. The SMILES string of the molecule is Cc1cccc(-c2[nH]ncc2-c2ccc3ncc(N4CCCN(CC(C)C)CC4)cc3n2)n1. The fraction of sp³-hybridized carbons (Fsp3) is 0.385. The molecular weight excluding hydrogens is 410 g/mol. The van der Waals surface area contributed by atoms with Crippen LogP contribution in [0.1, 0.15) is 26.0 Å². The smallest absolute Gasteiger partial charge is 0.0928 e. The maximum Gasteiger partial charge on any atom is 0.0928 e. The van der Waals surface area contributed by atoms with Crippen molar-refractivity contribution in [2.75, 3.05) is 37.6 Å². The Hall–Kier alpha value is -3.32. The maximum atomic E-state index is 4.97. The standard InChI is InChI=1S/C26H31N7/c1-18(2)17-32-10-5-11-33(13-12-32)20-14-25-23(27-15-20)9-8-22(30-25)21-16-28-31-26(21)24-7-4-6-19(3)29-24/h4,6-9,14-16,18H,5,10-13,17H2,1-3H3,(H,28,31). The highest BCUT2D eigenvalue weighted by molar-refractivity contribution is 5.84. The summed E-state index contributed by atoms with van der Waals surface area (Å²) in [5, 5.41) is 7.38. The van der Waals surface area contributed by atoms with E-state index in [1.54, 1.807) is 0 Å². The molecule has 0 amide bonds. The number of rotatable bonds is 5. The summed E-state index contributed by atoms with van der Waals surface area (Å²) in [7, 11) is 0. The average Bonchev–Trinajstić information content (AvgIpc) is 3.19. The lowest BCUT2D eigenvalue weighted by molar-refractivity contribution is 0.261. The molecule has 4 aromatic heterocycles. The Labute approximate surface area is 194 Å². The first-order valence-corrected chi connectivity index (χ1v) is 11.8. The number of aryl methyl sites for hydroxylation is 1. The summed E-state index contributed by atoms with van der Waals surface area (Å²) in [6, 6.07) is 12.2. The van der Waals surface area contributed by atoms with Gasteiger partial charge in [0.05, 0.1) is 46.2 Å². The van der Waals surface area contributed by atoms with Gasteiger partial charge in [0.25, 0.3) is 0 Å². The van der Waals surface area contributed by atoms with Crippen molar-refractivity contribution in [2.24, 2.45) is 5.92 Å². The molecule has 0 atom stereocenters. The Morgan fingerprint density at radius 2 is 1.85 bits per heavy atom. The molecule has 1 saturated heterocycles. The van der Waals surface area contributed by atoms with E-state index < -0.39 is 0 Å². The highest BCUT2D eigenvalue weighted by Gasteiger charge is 2.17. The molecule has 5 heterocycles. The van der Waals surface area contributed by atoms with Crippen molar-refractivity contribution in [1.82, 2.24) is 30.0 Å². The summed E-state index contributed by atoms with van der Waals surface area (Å²) in [5.41, 5.74) is 7.48. The van der Waals surface area contributed by atoms with Crippen LogP contribution in [0.25, 0.3) is 33.7 Å². The second-order valence-electron chi connectivity index (χ2n) is 9.29. The number of aromatic amines is 1. The van der Waals surface area contributed by atoms with Crippen molar-refractivity contribution in [3.8, 4) is 22.6 Å². The predicted molar refractivity (Wildman–Crippen MR) is 133 cm³/mol. The predicted octanol–water partition coefficient (Wildman–Crippen LogP) is 4.56. The zero-order valence-electron chi connectivity index (χ0n) is 19.6. The number of aromatic nitrogens is 5. The molecule has 0 unspecified atom stereocenters. The third-order valence-electron chi connectivity index (χ3n) is 6.16. The van der Waals surface area contributed by atoms with Gasteiger partial charge in [-0.2, -0.15) is 5.10 Å². The molecule has 33 heavy (non-hydrogen) atoms. The quantitative estimate of drug-likeness (QED) is 0.489. The molecule has 1 aliphatic rings. The van der Waals surface area contributed by atoms with Gasteiger partial charge in [-0.1, -0.05) is 19.9 Å². The van der Waals surface area contributed by atoms with E-state index in [4.69, 9.17) is 9.97 Å². The molecule has 170 valence electrons. The molecular formula is C26H31N7. The van der Waals surface area contributed by atoms with Crippen LogP contribution in [0.15, 0.2) is 48.8 Å². The van der Waals surface area contributed by atoms with Gasteiger partial charge in [0, 0.05) is 37.4 Å². The minimum absolute atomic E-state index is 0.698. The Balaban J connectivity index is 1.43. The first-order chi connectivity index (χ1) is 16.1. The highest BCUT2D eigenvalue weighted by Crippen LogP contribution is 2.30. The topological polar surface area (TPSA) is 73.8 Å². The first kappa shape index (κ1) is 21.5. The third kappa shape index (κ3) is 4.73. The van der Waals surface area contributed by atoms with Crippen molar-refractivity contribution < 1.29 is 0 Å². The third-order valence-corrected chi connectivity index (χ3v) is 6.16. The molecule has 1 aliphatic heterocycles. The van der Waals surface area contributed by atoms with Crippen molar-refractivity contribution >= 4 is 16.7 Å². The Kier molecular flexibility index (Phi) is 6.05. The molecule has 0 aromatic carbocycles. The highest BCUT2D eigenvalue weighted by atomic mass is 15.2. The van der Waals surface area contributed by atoms with Crippen LogP contribution >= 0.6 is 0 Å². The normalized spacial score (nSPS) is 15.3. The lowest BCUT2D eigenvalue weighted by Crippen LogP contribution is -2.33. The maximum absolute atomic E-state index is 4.97. The van der Waals surface area contributed by atoms with Gasteiger partial charge in [-0.15, -0.1) is 0 Å². The lowest BCUT2D eigenvalue weighted by Gasteiger charge is -2.24. The van der Waals surface area contributed by atoms with Gasteiger partial charge in [-0.25, -0.2) is 4.98 Å². The monoisotopic (exact) mass is 441 g/mol. The van der Waals surface area contributed by atoms with Crippen molar-refractivity contribution in [3.05, 3.63) is 54.5 Å². The van der Waals surface area contributed by atoms with Gasteiger partial charge in [0.1, 0.15) is 0 Å². The Morgan fingerprint density at radius 3 is 2.70 bits per heavy atom. The number of nitrogens with one attached hydrogen (secondary N) is 1. The molecule has 1 N–H and O–H groups in total. The summed E-state index contributed by atoms with van der Waals surface area (Å²) in [5.74, 6) is 0.698. The van der Waals surface area contributed by atoms with E-state index in [0.29, 0.717) is 5.92 Å². The molecule has 4 aromatic rings. The number of H-pyrrole nitrogens is 1. The van der Waals surface area contributed by atoms with Crippen LogP contribution < -0.4 is 4.90 Å². The zero-order chi connectivity index (χ0) is 22.8. The molecule has 5 rings (SSSR count). The minimum atomic E-state index is 0.698. The zero-order valence-corrected chi connectivity index (χ0v) is 19.6. The van der Waals surface area contributed by atoms with Crippen molar-refractivity contribution in [2.45, 2.75) is 27.2 Å². The van der Waals surface area contributed by atoms with E-state index in [0.717, 1.165) is 77.8 Å². The Bertz CT molecular complexity index is 1250. The minimum Gasteiger partial charge on any atom is -0.369 e. The van der Waals surface area contributed by atoms with E-state index >= 15 is 0 Å². The van der Waals surface area contributed by atoms with Crippen LogP contribution in [0.2, 0.25) is 0 Å². The lowest BCUT2D eigenvalue weighted by atomic mass is 10.1. The first-order valence-electron chi connectivity index (χ1n) is 11.8. The number of hydrogen-bond acceptors (Lipinski definition) is 6. The van der Waals surface area contributed by atoms with Crippen LogP contribution in [0.5, 0.6) is 0 Å². The van der Waals surface area contributed by atoms with Crippen LogP contribution in [0.3, 0.4) is 0 Å². The van der Waals surface area contributed by atoms with Gasteiger partial charge >= 0.3 is 0 Å². The molecule has 0 saturated carbocycles. The summed E-state index contributed by atoms with van der Waals surface area (Å²) < 4.78 is 0. The summed E-state index contributed by atoms with van der Waals surface area (Å²) in [6.45, 7) is 12.1. The van der Waals surface area contributed by atoms with Crippen LogP contribution in [0.4, 0.5) is 5.69 Å². The molecule has 7 nitrogen and oxygen atoms in total. The van der Waals surface area contributed by atoms with Crippen molar-refractivity contribution in [1.29, 1.82) is 0 Å². The summed E-state index contributed by atoms with van der Waals surface area (Å²) in [6.07, 6.45) is 4.98. The number of pyridine rings is 3. The Morgan fingerprint density at radius 1 is 0.939 bits per heavy atom. The van der Waals surface area contributed by atoms with Crippen molar-refractivity contribution in [3.63, 3.8) is 0 Å². The van der Waals surface area contributed by atoms with E-state index in [1.807, 2.05) is 49.6 Å². The molecule has 0 aliphatic carbocycles.